The van der Waals surface area contributed by atoms with Gasteiger partial charge in [0.05, 0.1) is 0 Å². The van der Waals surface area contributed by atoms with Crippen LogP contribution >= 0.6 is 0 Å². The van der Waals surface area contributed by atoms with E-state index in [0.717, 1.165) is 18.2 Å². The average molecular weight is 203 g/mol. The van der Waals surface area contributed by atoms with Gasteiger partial charge in [-0.2, -0.15) is 0 Å². The number of hydrogen-bond donors (Lipinski definition) is 0. The summed E-state index contributed by atoms with van der Waals surface area (Å²) < 4.78 is 47.8. The maximum Gasteiger partial charge on any atom is 1.00 e. The van der Waals surface area contributed by atoms with E-state index in [1.807, 2.05) is 0 Å². The Morgan fingerprint density at radius 3 is 2.08 bits per heavy atom. The first kappa shape index (κ1) is 12.6. The summed E-state index contributed by atoms with van der Waals surface area (Å²) in [5.74, 6) is -0.860. The van der Waals surface area contributed by atoms with Crippen LogP contribution in [-0.4, -0.2) is 58.4 Å². The molecule has 0 nitrogen and oxygen atoms in total. The Labute approximate surface area is 111 Å². The van der Waals surface area contributed by atoms with Gasteiger partial charge in [-0.05, 0) is 6.07 Å². The van der Waals surface area contributed by atoms with Crippen molar-refractivity contribution >= 4 is 63.8 Å². The average Bonchev–Trinajstić information content (AvgIpc) is 1.86. The van der Waals surface area contributed by atoms with Gasteiger partial charge in [-0.3, -0.25) is 0 Å². The van der Waals surface area contributed by atoms with Crippen molar-refractivity contribution in [3.8, 4) is 0 Å². The molecule has 0 amide bonds. The molecule has 0 aliphatic heterocycles. The molecule has 1 rings (SSSR count). The predicted molar refractivity (Wildman–Crippen MR) is 42.0 cm³/mol. The second-order valence-electron chi connectivity index (χ2n) is 2.13. The molecule has 0 aliphatic rings. The van der Waals surface area contributed by atoms with Crippen molar-refractivity contribution in [3.05, 3.63) is 30.1 Å². The monoisotopic (exact) mass is 203 g/mol. The fourth-order valence-corrected chi connectivity index (χ4v) is 0.710. The Bertz CT molecular complexity index is 265. The minimum Gasteiger partial charge on any atom is -0.445 e. The molecular weight excluding hydrogens is 198 g/mol. The summed E-state index contributed by atoms with van der Waals surface area (Å²) in [6.45, 7) is -5.06. The van der Waals surface area contributed by atoms with Gasteiger partial charge in [0.2, 0.25) is 0 Å². The molecule has 0 bridgehead atoms. The van der Waals surface area contributed by atoms with Gasteiger partial charge in [-0.25, -0.2) is 4.39 Å². The second-order valence-corrected chi connectivity index (χ2v) is 2.13. The Balaban J connectivity index is 0. The zero-order valence-corrected chi connectivity index (χ0v) is 9.52. The van der Waals surface area contributed by atoms with E-state index in [2.05, 4.69) is 0 Å². The van der Waals surface area contributed by atoms with Crippen LogP contribution in [0.15, 0.2) is 24.3 Å². The summed E-state index contributed by atoms with van der Waals surface area (Å²) >= 11 is 0. The van der Waals surface area contributed by atoms with Gasteiger partial charge in [0.15, 0.2) is 0 Å². The zero-order chi connectivity index (χ0) is 8.48. The molecule has 61 valence electrons. The van der Waals surface area contributed by atoms with Gasteiger partial charge < -0.3 is 12.9 Å². The topological polar surface area (TPSA) is 0 Å². The molecule has 0 N–H and O–H groups in total. The van der Waals surface area contributed by atoms with Crippen LogP contribution in [0.5, 0.6) is 0 Å². The Morgan fingerprint density at radius 1 is 1.17 bits per heavy atom. The summed E-state index contributed by atoms with van der Waals surface area (Å²) in [4.78, 5) is 0. The first-order valence-electron chi connectivity index (χ1n) is 2.95. The van der Waals surface area contributed by atoms with Crippen molar-refractivity contribution in [1.82, 2.24) is 0 Å². The van der Waals surface area contributed by atoms with Crippen molar-refractivity contribution in [2.45, 2.75) is 0 Å². The smallest absolute Gasteiger partial charge is 0.445 e. The van der Waals surface area contributed by atoms with Crippen molar-refractivity contribution < 1.29 is 18.8 Å². The summed E-state index contributed by atoms with van der Waals surface area (Å²) in [5.41, 5.74) is -0.898. The fourth-order valence-electron chi connectivity index (χ4n) is 0.710. The molecular formula is C6H5BF4K. The van der Waals surface area contributed by atoms with Crippen LogP contribution in [0.4, 0.5) is 17.3 Å². The standard InChI is InChI=1S/C6H4BF4.K/c8-6-3-1-2-5(4-6)7(9,10)11;/h1-4H;/q-1;/p+1. The van der Waals surface area contributed by atoms with Gasteiger partial charge in [-0.1, -0.05) is 18.2 Å². The molecule has 0 fully saturated rings. The summed E-state index contributed by atoms with van der Waals surface area (Å²) in [6.07, 6.45) is 0. The van der Waals surface area contributed by atoms with Gasteiger partial charge in [0.25, 0.3) is 0 Å². The van der Waals surface area contributed by atoms with Gasteiger partial charge in [0, 0.05) is 51.4 Å². The molecule has 0 spiro atoms. The fraction of sp³-hybridized carbons (Fsp3) is 0. The molecule has 12 heavy (non-hydrogen) atoms. The second kappa shape index (κ2) is 4.76. The van der Waals surface area contributed by atoms with Crippen LogP contribution in [0.1, 0.15) is 1.43 Å². The van der Waals surface area contributed by atoms with Gasteiger partial charge >= 0.3 is 8.40 Å². The van der Waals surface area contributed by atoms with Crippen LogP contribution in [-0.2, 0) is 0 Å². The number of benzene rings is 1. The van der Waals surface area contributed by atoms with Crippen LogP contribution in [0.25, 0.3) is 0 Å². The van der Waals surface area contributed by atoms with Crippen molar-refractivity contribution in [3.63, 3.8) is 0 Å². The molecule has 0 aromatic heterocycles. The largest absolute Gasteiger partial charge is 1.00 e. The van der Waals surface area contributed by atoms with E-state index in [1.165, 1.54) is 0 Å². The summed E-state index contributed by atoms with van der Waals surface area (Å²) in [7, 11) is 0. The molecule has 0 saturated heterocycles. The van der Waals surface area contributed by atoms with Crippen LogP contribution in [0.2, 0.25) is 0 Å². The van der Waals surface area contributed by atoms with Gasteiger partial charge in [0.1, 0.15) is 5.82 Å². The van der Waals surface area contributed by atoms with E-state index in [9.17, 15) is 17.3 Å². The molecule has 0 unspecified atom stereocenters. The first-order chi connectivity index (χ1) is 5.00. The molecule has 0 saturated carbocycles. The Hall–Kier alpha value is 0.641. The van der Waals surface area contributed by atoms with E-state index in [4.69, 9.17) is 0 Å². The molecule has 0 aliphatic carbocycles. The predicted octanol–water partition coefficient (Wildman–Crippen LogP) is 1.61. The number of halogens is 4. The van der Waals surface area contributed by atoms with Crippen LogP contribution in [0.3, 0.4) is 0 Å². The third-order valence-electron chi connectivity index (χ3n) is 1.23. The van der Waals surface area contributed by atoms with Crippen molar-refractivity contribution in [2.24, 2.45) is 0 Å². The minimum absolute atomic E-state index is 0. The quantitative estimate of drug-likeness (QED) is 0.480. The number of hydrogen-bond acceptors (Lipinski definition) is 0. The SMILES string of the molecule is Fc1cccc([B-](F)(F)F)c1.[H+].[K]. The molecule has 1 radical (unpaired) electrons. The molecule has 0 atom stereocenters. The van der Waals surface area contributed by atoms with Gasteiger partial charge in [-0.15, -0.1) is 5.46 Å². The van der Waals surface area contributed by atoms with E-state index in [-0.39, 0.29) is 52.8 Å². The Kier molecular flexibility index (Phi) is 5.01. The maximum absolute atomic E-state index is 12.2. The maximum atomic E-state index is 12.2. The van der Waals surface area contributed by atoms with Crippen LogP contribution < -0.4 is 5.46 Å². The molecule has 6 heteroatoms. The van der Waals surface area contributed by atoms with E-state index < -0.39 is 18.3 Å². The first-order valence-corrected chi connectivity index (χ1v) is 2.95. The van der Waals surface area contributed by atoms with Crippen molar-refractivity contribution in [2.75, 3.05) is 0 Å². The van der Waals surface area contributed by atoms with E-state index >= 15 is 0 Å². The third kappa shape index (κ3) is 3.57. The van der Waals surface area contributed by atoms with Crippen LogP contribution in [0, 0.1) is 5.82 Å². The zero-order valence-electron chi connectivity index (χ0n) is 7.40. The summed E-state index contributed by atoms with van der Waals surface area (Å²) in [5, 5.41) is 0. The van der Waals surface area contributed by atoms with E-state index in [1.54, 1.807) is 0 Å². The summed E-state index contributed by atoms with van der Waals surface area (Å²) in [6, 6.07) is 3.36. The van der Waals surface area contributed by atoms with E-state index in [0.29, 0.717) is 6.07 Å². The normalized spacial score (nSPS) is 10.7. The molecule has 1 aromatic rings. The molecule has 1 aromatic carbocycles. The number of rotatable bonds is 1. The minimum atomic E-state index is -5.06. The third-order valence-corrected chi connectivity index (χ3v) is 1.23. The Morgan fingerprint density at radius 2 is 1.75 bits per heavy atom. The van der Waals surface area contributed by atoms with Crippen molar-refractivity contribution in [1.29, 1.82) is 0 Å². The molecule has 0 heterocycles.